The highest BCUT2D eigenvalue weighted by atomic mass is 32.2. The van der Waals surface area contributed by atoms with Gasteiger partial charge < -0.3 is 9.47 Å². The van der Waals surface area contributed by atoms with E-state index < -0.39 is 15.7 Å². The minimum absolute atomic E-state index is 0.0420. The molecule has 0 saturated heterocycles. The summed E-state index contributed by atoms with van der Waals surface area (Å²) in [6.07, 6.45) is 1.07. The number of hydrogen-bond donors (Lipinski definition) is 0. The fourth-order valence-corrected chi connectivity index (χ4v) is 4.15. The molecule has 0 spiro atoms. The Morgan fingerprint density at radius 1 is 1.04 bits per heavy atom. The molecule has 0 aromatic heterocycles. The van der Waals surface area contributed by atoms with Gasteiger partial charge in [-0.3, -0.25) is 4.18 Å². The van der Waals surface area contributed by atoms with Crippen LogP contribution in [0.3, 0.4) is 0 Å². The molecule has 0 aliphatic carbocycles. The molecule has 0 saturated carbocycles. The lowest BCUT2D eigenvalue weighted by molar-refractivity contribution is 0.0879. The van der Waals surface area contributed by atoms with E-state index in [9.17, 15) is 8.42 Å². The van der Waals surface area contributed by atoms with Crippen LogP contribution in [0.2, 0.25) is 0 Å². The Morgan fingerprint density at radius 3 is 2.29 bits per heavy atom. The van der Waals surface area contributed by atoms with Crippen molar-refractivity contribution in [1.29, 1.82) is 0 Å². The van der Waals surface area contributed by atoms with E-state index in [0.717, 1.165) is 45.6 Å². The summed E-state index contributed by atoms with van der Waals surface area (Å²) in [6.45, 7) is 10.5. The van der Waals surface area contributed by atoms with Crippen LogP contribution in [-0.4, -0.2) is 26.9 Å². The molecule has 0 N–H and O–H groups in total. The van der Waals surface area contributed by atoms with E-state index in [1.54, 1.807) is 0 Å². The van der Waals surface area contributed by atoms with E-state index in [4.69, 9.17) is 13.7 Å². The summed E-state index contributed by atoms with van der Waals surface area (Å²) in [7, 11) is -3.54. The van der Waals surface area contributed by atoms with Crippen LogP contribution >= 0.6 is 0 Å². The summed E-state index contributed by atoms with van der Waals surface area (Å²) in [5.41, 5.74) is 4.51. The highest BCUT2D eigenvalue weighted by molar-refractivity contribution is 7.85. The second-order valence-corrected chi connectivity index (χ2v) is 9.61. The predicted molar refractivity (Wildman–Crippen MR) is 110 cm³/mol. The topological polar surface area (TPSA) is 61.8 Å². The zero-order chi connectivity index (χ0) is 20.7. The van der Waals surface area contributed by atoms with Crippen molar-refractivity contribution in [2.24, 2.45) is 0 Å². The van der Waals surface area contributed by atoms with Crippen molar-refractivity contribution >= 4 is 10.1 Å². The van der Waals surface area contributed by atoms with Gasteiger partial charge in [0.05, 0.1) is 18.8 Å². The molecule has 0 amide bonds. The Morgan fingerprint density at radius 2 is 1.68 bits per heavy atom. The molecular formula is C22H28O5S. The van der Waals surface area contributed by atoms with Crippen molar-refractivity contribution < 1.29 is 22.1 Å². The first-order valence-corrected chi connectivity index (χ1v) is 11.2. The Balaban J connectivity index is 2.00. The third-order valence-corrected chi connectivity index (χ3v) is 6.02. The van der Waals surface area contributed by atoms with Gasteiger partial charge in [0, 0.05) is 5.56 Å². The van der Waals surface area contributed by atoms with Gasteiger partial charge in [-0.1, -0.05) is 30.3 Å². The van der Waals surface area contributed by atoms with Gasteiger partial charge in [0.25, 0.3) is 10.1 Å². The fraction of sp³-hybridized carbons (Fsp3) is 0.455. The van der Waals surface area contributed by atoms with E-state index in [2.05, 4.69) is 0 Å². The minimum atomic E-state index is -3.54. The maximum absolute atomic E-state index is 11.6. The molecule has 152 valence electrons. The Bertz CT molecular complexity index is 978. The predicted octanol–water partition coefficient (Wildman–Crippen LogP) is 4.42. The van der Waals surface area contributed by atoms with Crippen LogP contribution in [-0.2, 0) is 20.9 Å². The highest BCUT2D eigenvalue weighted by Crippen LogP contribution is 2.51. The minimum Gasteiger partial charge on any atom is -0.488 e. The molecule has 0 fully saturated rings. The number of benzene rings is 2. The Hall–Kier alpha value is -2.05. The molecule has 2 aromatic rings. The summed E-state index contributed by atoms with van der Waals surface area (Å²) >= 11 is 0. The van der Waals surface area contributed by atoms with Crippen molar-refractivity contribution in [3.8, 4) is 11.5 Å². The standard InChI is InChI=1S/C22H28O5S/c1-14-15(2)21-19(18(22(4,5)27-21)13-26-28(6,23)24)16(3)20(14)25-12-17-10-8-7-9-11-17/h7-11,18H,12-13H2,1-6H3/t18-/m1/s1. The first-order chi connectivity index (χ1) is 13.0. The van der Waals surface area contributed by atoms with Crippen molar-refractivity contribution in [3.05, 3.63) is 58.1 Å². The van der Waals surface area contributed by atoms with Crippen LogP contribution in [0.5, 0.6) is 11.5 Å². The fourth-order valence-electron chi connectivity index (χ4n) is 3.77. The highest BCUT2D eigenvalue weighted by Gasteiger charge is 2.44. The summed E-state index contributed by atoms with van der Waals surface area (Å²) in [5, 5.41) is 0. The Kier molecular flexibility index (Phi) is 5.47. The van der Waals surface area contributed by atoms with Gasteiger partial charge in [0.15, 0.2) is 0 Å². The lowest BCUT2D eigenvalue weighted by Crippen LogP contribution is -2.33. The maximum atomic E-state index is 11.6. The van der Waals surface area contributed by atoms with Crippen LogP contribution in [0.4, 0.5) is 0 Å². The maximum Gasteiger partial charge on any atom is 0.264 e. The molecule has 0 radical (unpaired) electrons. The zero-order valence-electron chi connectivity index (χ0n) is 17.3. The lowest BCUT2D eigenvalue weighted by Gasteiger charge is -2.26. The molecule has 0 bridgehead atoms. The molecule has 1 aliphatic rings. The molecule has 1 atom stereocenters. The first-order valence-electron chi connectivity index (χ1n) is 9.35. The van der Waals surface area contributed by atoms with Gasteiger partial charge in [0.2, 0.25) is 0 Å². The lowest BCUT2D eigenvalue weighted by atomic mass is 9.83. The molecule has 5 nitrogen and oxygen atoms in total. The van der Waals surface area contributed by atoms with Crippen LogP contribution in [0, 0.1) is 20.8 Å². The monoisotopic (exact) mass is 404 g/mol. The molecule has 1 heterocycles. The largest absolute Gasteiger partial charge is 0.488 e. The summed E-state index contributed by atoms with van der Waals surface area (Å²) in [4.78, 5) is 0. The SMILES string of the molecule is Cc1c(C)c2c(c(C)c1OCc1ccccc1)[C@@H](COS(C)(=O)=O)C(C)(C)O2. The molecule has 1 aliphatic heterocycles. The van der Waals surface area contributed by atoms with E-state index in [1.165, 1.54) is 0 Å². The first kappa shape index (κ1) is 20.7. The number of ether oxygens (including phenoxy) is 2. The van der Waals surface area contributed by atoms with Gasteiger partial charge in [0.1, 0.15) is 23.7 Å². The van der Waals surface area contributed by atoms with Gasteiger partial charge in [-0.15, -0.1) is 0 Å². The molecule has 0 unspecified atom stereocenters. The third-order valence-electron chi connectivity index (χ3n) is 5.46. The van der Waals surface area contributed by atoms with Crippen molar-refractivity contribution in [3.63, 3.8) is 0 Å². The van der Waals surface area contributed by atoms with Gasteiger partial charge >= 0.3 is 0 Å². The van der Waals surface area contributed by atoms with Crippen LogP contribution in [0.25, 0.3) is 0 Å². The van der Waals surface area contributed by atoms with E-state index in [1.807, 2.05) is 65.0 Å². The smallest absolute Gasteiger partial charge is 0.264 e. The van der Waals surface area contributed by atoms with Crippen LogP contribution < -0.4 is 9.47 Å². The van der Waals surface area contributed by atoms with Crippen LogP contribution in [0.1, 0.15) is 47.6 Å². The molecule has 2 aromatic carbocycles. The van der Waals surface area contributed by atoms with Gasteiger partial charge in [-0.25, -0.2) is 0 Å². The van der Waals surface area contributed by atoms with E-state index >= 15 is 0 Å². The van der Waals surface area contributed by atoms with E-state index in [-0.39, 0.29) is 12.5 Å². The quantitative estimate of drug-likeness (QED) is 0.667. The second kappa shape index (κ2) is 7.41. The molecule has 6 heteroatoms. The summed E-state index contributed by atoms with van der Waals surface area (Å²) in [6, 6.07) is 10.0. The average Bonchev–Trinajstić information content (AvgIpc) is 2.89. The number of fused-ring (bicyclic) bond motifs is 1. The zero-order valence-corrected chi connectivity index (χ0v) is 18.1. The van der Waals surface area contributed by atoms with E-state index in [0.29, 0.717) is 6.61 Å². The van der Waals surface area contributed by atoms with Crippen molar-refractivity contribution in [2.75, 3.05) is 12.9 Å². The van der Waals surface area contributed by atoms with Crippen molar-refractivity contribution in [2.45, 2.75) is 52.7 Å². The molecule has 3 rings (SSSR count). The number of hydrogen-bond acceptors (Lipinski definition) is 5. The third kappa shape index (κ3) is 4.03. The Labute approximate surface area is 167 Å². The molecule has 28 heavy (non-hydrogen) atoms. The van der Waals surface area contributed by atoms with Gasteiger partial charge in [-0.05, 0) is 56.9 Å². The second-order valence-electron chi connectivity index (χ2n) is 7.97. The molecular weight excluding hydrogens is 376 g/mol. The van der Waals surface area contributed by atoms with Crippen LogP contribution in [0.15, 0.2) is 30.3 Å². The average molecular weight is 405 g/mol. The summed E-state index contributed by atoms with van der Waals surface area (Å²) in [5.74, 6) is 1.43. The normalized spacial score (nSPS) is 17.9. The number of rotatable bonds is 6. The van der Waals surface area contributed by atoms with Crippen molar-refractivity contribution in [1.82, 2.24) is 0 Å². The van der Waals surface area contributed by atoms with Gasteiger partial charge in [-0.2, -0.15) is 8.42 Å². The summed E-state index contributed by atoms with van der Waals surface area (Å²) < 4.78 is 40.7.